The van der Waals surface area contributed by atoms with Gasteiger partial charge in [0.25, 0.3) is 0 Å². The number of anilines is 1. The lowest BCUT2D eigenvalue weighted by molar-refractivity contribution is -0.114. The van der Waals surface area contributed by atoms with Crippen LogP contribution in [-0.4, -0.2) is 23.2 Å². The Morgan fingerprint density at radius 1 is 1.53 bits per heavy atom. The van der Waals surface area contributed by atoms with Crippen molar-refractivity contribution >= 4 is 28.1 Å². The molecule has 1 heterocycles. The molecule has 0 atom stereocenters. The fourth-order valence-electron chi connectivity index (χ4n) is 2.17. The van der Waals surface area contributed by atoms with Gasteiger partial charge < -0.3 is 10.2 Å². The molecule has 2 rings (SSSR count). The normalized spacial score (nSPS) is 19.1. The van der Waals surface area contributed by atoms with E-state index in [1.165, 1.54) is 18.3 Å². The van der Waals surface area contributed by atoms with Gasteiger partial charge >= 0.3 is 0 Å². The second kappa shape index (κ2) is 5.28. The summed E-state index contributed by atoms with van der Waals surface area (Å²) < 4.78 is 0. The van der Waals surface area contributed by atoms with Gasteiger partial charge in [-0.2, -0.15) is 0 Å². The summed E-state index contributed by atoms with van der Waals surface area (Å²) in [6.45, 7) is 8.33. The van der Waals surface area contributed by atoms with E-state index < -0.39 is 0 Å². The first-order chi connectivity index (χ1) is 8.91. The minimum Gasteiger partial charge on any atom is -0.396 e. The molecule has 0 saturated carbocycles. The molecule has 0 spiro atoms. The van der Waals surface area contributed by atoms with Crippen molar-refractivity contribution in [3.63, 3.8) is 0 Å². The van der Waals surface area contributed by atoms with Gasteiger partial charge in [0.15, 0.2) is 5.13 Å². The molecule has 6 heteroatoms. The van der Waals surface area contributed by atoms with Crippen LogP contribution in [0, 0.1) is 5.41 Å². The van der Waals surface area contributed by atoms with E-state index in [0.29, 0.717) is 11.7 Å². The fourth-order valence-corrected chi connectivity index (χ4v) is 3.17. The molecule has 0 bridgehead atoms. The SMILES string of the molecule is CCO/N=C1/CC(C)(C)Cc2nc(NC(C)=O)sc21. The fraction of sp³-hybridized carbons (Fsp3) is 0.615. The summed E-state index contributed by atoms with van der Waals surface area (Å²) in [6, 6.07) is 0. The van der Waals surface area contributed by atoms with Crippen molar-refractivity contribution in [3.8, 4) is 0 Å². The summed E-state index contributed by atoms with van der Waals surface area (Å²) in [7, 11) is 0. The molecule has 1 N–H and O–H groups in total. The third kappa shape index (κ3) is 3.32. The van der Waals surface area contributed by atoms with E-state index in [1.54, 1.807) is 0 Å². The second-order valence-electron chi connectivity index (χ2n) is 5.45. The molecule has 0 radical (unpaired) electrons. The van der Waals surface area contributed by atoms with Crippen LogP contribution >= 0.6 is 11.3 Å². The molecule has 19 heavy (non-hydrogen) atoms. The number of fused-ring (bicyclic) bond motifs is 1. The average Bonchev–Trinajstić information content (AvgIpc) is 2.65. The largest absolute Gasteiger partial charge is 0.396 e. The molecule has 104 valence electrons. The highest BCUT2D eigenvalue weighted by atomic mass is 32.1. The number of nitrogens with one attached hydrogen (secondary N) is 1. The maximum absolute atomic E-state index is 11.1. The van der Waals surface area contributed by atoms with Gasteiger partial charge in [-0.3, -0.25) is 4.79 Å². The van der Waals surface area contributed by atoms with Gasteiger partial charge in [-0.1, -0.05) is 30.3 Å². The lowest BCUT2D eigenvalue weighted by Gasteiger charge is -2.28. The maximum Gasteiger partial charge on any atom is 0.223 e. The molecule has 5 nitrogen and oxygen atoms in total. The van der Waals surface area contributed by atoms with Gasteiger partial charge in [0, 0.05) is 6.92 Å². The van der Waals surface area contributed by atoms with Crippen LogP contribution in [0.15, 0.2) is 5.16 Å². The molecule has 1 aliphatic rings. The minimum absolute atomic E-state index is 0.103. The highest BCUT2D eigenvalue weighted by Crippen LogP contribution is 2.38. The first-order valence-electron chi connectivity index (χ1n) is 6.38. The summed E-state index contributed by atoms with van der Waals surface area (Å²) in [5.41, 5.74) is 2.05. The molecule has 0 unspecified atom stereocenters. The number of thiazole rings is 1. The van der Waals surface area contributed by atoms with Crippen LogP contribution in [-0.2, 0) is 16.1 Å². The maximum atomic E-state index is 11.1. The highest BCUT2D eigenvalue weighted by Gasteiger charge is 2.33. The van der Waals surface area contributed by atoms with Crippen molar-refractivity contribution in [3.05, 3.63) is 10.6 Å². The van der Waals surface area contributed by atoms with Crippen molar-refractivity contribution in [1.82, 2.24) is 4.98 Å². The number of aromatic nitrogens is 1. The standard InChI is InChI=1S/C13H19N3O2S/c1-5-18-16-10-7-13(3,4)6-9-11(10)19-12(15-9)14-8(2)17/h5-7H2,1-4H3,(H,14,15,17)/b16-10-. The molecular weight excluding hydrogens is 262 g/mol. The van der Waals surface area contributed by atoms with Gasteiger partial charge in [0.05, 0.1) is 16.3 Å². The van der Waals surface area contributed by atoms with E-state index in [1.807, 2.05) is 6.92 Å². The zero-order valence-corrected chi connectivity index (χ0v) is 12.6. The smallest absolute Gasteiger partial charge is 0.223 e. The number of rotatable bonds is 3. The van der Waals surface area contributed by atoms with E-state index in [0.717, 1.165) is 29.1 Å². The van der Waals surface area contributed by atoms with E-state index >= 15 is 0 Å². The van der Waals surface area contributed by atoms with Gasteiger partial charge in [-0.05, 0) is 25.2 Å². The van der Waals surface area contributed by atoms with Crippen LogP contribution in [0.4, 0.5) is 5.13 Å². The van der Waals surface area contributed by atoms with Gasteiger partial charge in [0.2, 0.25) is 5.91 Å². The number of carbonyl (C=O) groups excluding carboxylic acids is 1. The zero-order chi connectivity index (χ0) is 14.0. The minimum atomic E-state index is -0.103. The number of hydrogen-bond acceptors (Lipinski definition) is 5. The van der Waals surface area contributed by atoms with Gasteiger partial charge in [-0.15, -0.1) is 0 Å². The predicted octanol–water partition coefficient (Wildman–Crippen LogP) is 2.81. The summed E-state index contributed by atoms with van der Waals surface area (Å²) in [5.74, 6) is -0.103. The molecule has 0 saturated heterocycles. The number of carbonyl (C=O) groups is 1. The van der Waals surface area contributed by atoms with Crippen molar-refractivity contribution < 1.29 is 9.63 Å². The third-order valence-corrected chi connectivity index (χ3v) is 3.90. The second-order valence-corrected chi connectivity index (χ2v) is 6.45. The lowest BCUT2D eigenvalue weighted by Crippen LogP contribution is -2.26. The zero-order valence-electron chi connectivity index (χ0n) is 11.7. The van der Waals surface area contributed by atoms with Gasteiger partial charge in [-0.25, -0.2) is 4.98 Å². The molecule has 1 aromatic rings. The van der Waals surface area contributed by atoms with Crippen molar-refractivity contribution in [1.29, 1.82) is 0 Å². The van der Waals surface area contributed by atoms with Gasteiger partial charge in [0.1, 0.15) is 6.61 Å². The van der Waals surface area contributed by atoms with Crippen LogP contribution < -0.4 is 5.32 Å². The molecule has 1 aliphatic carbocycles. The first-order valence-corrected chi connectivity index (χ1v) is 7.19. The van der Waals surface area contributed by atoms with Crippen molar-refractivity contribution in [2.75, 3.05) is 11.9 Å². The molecular formula is C13H19N3O2S. The van der Waals surface area contributed by atoms with Crippen LogP contribution in [0.3, 0.4) is 0 Å². The summed E-state index contributed by atoms with van der Waals surface area (Å²) in [4.78, 5) is 21.8. The Kier molecular flexibility index (Phi) is 3.89. The van der Waals surface area contributed by atoms with Crippen LogP contribution in [0.2, 0.25) is 0 Å². The Labute approximate surface area is 117 Å². The topological polar surface area (TPSA) is 63.6 Å². The summed E-state index contributed by atoms with van der Waals surface area (Å²) in [6.07, 6.45) is 1.76. The Morgan fingerprint density at radius 3 is 2.89 bits per heavy atom. The quantitative estimate of drug-likeness (QED) is 0.866. The van der Waals surface area contributed by atoms with Crippen molar-refractivity contribution in [2.24, 2.45) is 10.6 Å². The number of nitrogens with zero attached hydrogens (tertiary/aromatic N) is 2. The van der Waals surface area contributed by atoms with E-state index in [9.17, 15) is 4.79 Å². The number of oxime groups is 1. The molecule has 0 fully saturated rings. The van der Waals surface area contributed by atoms with Crippen molar-refractivity contribution in [2.45, 2.75) is 40.5 Å². The van der Waals surface area contributed by atoms with Crippen LogP contribution in [0.1, 0.15) is 44.7 Å². The molecule has 1 aromatic heterocycles. The average molecular weight is 281 g/mol. The van der Waals surface area contributed by atoms with E-state index in [-0.39, 0.29) is 11.3 Å². The predicted molar refractivity (Wildman–Crippen MR) is 76.7 cm³/mol. The third-order valence-electron chi connectivity index (χ3n) is 2.84. The Bertz CT molecular complexity index is 520. The van der Waals surface area contributed by atoms with E-state index in [4.69, 9.17) is 4.84 Å². The Morgan fingerprint density at radius 2 is 2.26 bits per heavy atom. The molecule has 0 aromatic carbocycles. The summed E-state index contributed by atoms with van der Waals surface area (Å²) >= 11 is 1.47. The lowest BCUT2D eigenvalue weighted by atomic mass is 9.78. The van der Waals surface area contributed by atoms with E-state index in [2.05, 4.69) is 29.3 Å². The Hall–Kier alpha value is -1.43. The van der Waals surface area contributed by atoms with Crippen LogP contribution in [0.25, 0.3) is 0 Å². The first kappa shape index (κ1) is 14.0. The molecule has 0 aliphatic heterocycles. The number of hydrogen-bond donors (Lipinski definition) is 1. The monoisotopic (exact) mass is 281 g/mol. The van der Waals surface area contributed by atoms with Crippen LogP contribution in [0.5, 0.6) is 0 Å². The summed E-state index contributed by atoms with van der Waals surface area (Å²) in [5, 5.41) is 7.58. The Balaban J connectivity index is 2.35. The highest BCUT2D eigenvalue weighted by molar-refractivity contribution is 7.17. The number of amides is 1. The molecule has 1 amide bonds.